The molecule has 96 valence electrons. The smallest absolute Gasteiger partial charge is 0.0614 e. The van der Waals surface area contributed by atoms with Crippen molar-refractivity contribution in [2.75, 3.05) is 26.2 Å². The number of aliphatic hydroxyl groups is 1. The first-order valence-electron chi connectivity index (χ1n) is 6.59. The van der Waals surface area contributed by atoms with E-state index in [4.69, 9.17) is 0 Å². The normalized spacial score (nSPS) is 21.9. The molecule has 0 radical (unpaired) electrons. The van der Waals surface area contributed by atoms with Gasteiger partial charge >= 0.3 is 0 Å². The zero-order valence-electron chi connectivity index (χ0n) is 11.3. The van der Waals surface area contributed by atoms with E-state index in [1.165, 1.54) is 0 Å². The van der Waals surface area contributed by atoms with E-state index < -0.39 is 0 Å². The standard InChI is InChI=1S/C13H28N2O/c1-11(2)9-14-13(10-16)5-7-15(8-6-13)12(3)4/h11-12,14,16H,5-10H2,1-4H3. The van der Waals surface area contributed by atoms with E-state index in [1.807, 2.05) is 0 Å². The highest BCUT2D eigenvalue weighted by molar-refractivity contribution is 4.93. The summed E-state index contributed by atoms with van der Waals surface area (Å²) >= 11 is 0. The van der Waals surface area contributed by atoms with Crippen molar-refractivity contribution in [1.29, 1.82) is 0 Å². The fourth-order valence-electron chi connectivity index (χ4n) is 2.28. The van der Waals surface area contributed by atoms with Gasteiger partial charge in [-0.3, -0.25) is 0 Å². The number of hydrogen-bond acceptors (Lipinski definition) is 3. The molecule has 1 fully saturated rings. The van der Waals surface area contributed by atoms with Gasteiger partial charge in [-0.2, -0.15) is 0 Å². The molecule has 0 aromatic carbocycles. The summed E-state index contributed by atoms with van der Waals surface area (Å²) in [5.41, 5.74) is -0.0182. The monoisotopic (exact) mass is 228 g/mol. The molecular weight excluding hydrogens is 200 g/mol. The van der Waals surface area contributed by atoms with E-state index in [2.05, 4.69) is 37.9 Å². The fraction of sp³-hybridized carbons (Fsp3) is 1.00. The second-order valence-corrected chi connectivity index (χ2v) is 5.84. The molecule has 0 aliphatic carbocycles. The Morgan fingerprint density at radius 3 is 2.12 bits per heavy atom. The Balaban J connectivity index is 2.45. The first kappa shape index (κ1) is 13.9. The average molecular weight is 228 g/mol. The first-order valence-corrected chi connectivity index (χ1v) is 6.59. The molecule has 1 rings (SSSR count). The third-order valence-corrected chi connectivity index (χ3v) is 3.67. The summed E-state index contributed by atoms with van der Waals surface area (Å²) in [4.78, 5) is 2.49. The molecule has 1 aliphatic heterocycles. The topological polar surface area (TPSA) is 35.5 Å². The number of piperidine rings is 1. The van der Waals surface area contributed by atoms with Crippen LogP contribution in [0.4, 0.5) is 0 Å². The molecule has 3 nitrogen and oxygen atoms in total. The van der Waals surface area contributed by atoms with Gasteiger partial charge in [0.2, 0.25) is 0 Å². The van der Waals surface area contributed by atoms with Crippen LogP contribution in [0.15, 0.2) is 0 Å². The van der Waals surface area contributed by atoms with Gasteiger partial charge < -0.3 is 15.3 Å². The van der Waals surface area contributed by atoms with Crippen LogP contribution in [0.2, 0.25) is 0 Å². The molecule has 0 amide bonds. The number of hydrogen-bond donors (Lipinski definition) is 2. The summed E-state index contributed by atoms with van der Waals surface area (Å²) in [5.74, 6) is 0.645. The summed E-state index contributed by atoms with van der Waals surface area (Å²) in [5, 5.41) is 13.2. The van der Waals surface area contributed by atoms with Crippen molar-refractivity contribution in [3.63, 3.8) is 0 Å². The van der Waals surface area contributed by atoms with Crippen molar-refractivity contribution in [1.82, 2.24) is 10.2 Å². The molecule has 3 heteroatoms. The molecule has 0 spiro atoms. The van der Waals surface area contributed by atoms with Gasteiger partial charge in [-0.05, 0) is 39.2 Å². The maximum Gasteiger partial charge on any atom is 0.0614 e. The Kier molecular flexibility index (Phi) is 5.22. The van der Waals surface area contributed by atoms with Crippen molar-refractivity contribution in [3.05, 3.63) is 0 Å². The Hall–Kier alpha value is -0.120. The lowest BCUT2D eigenvalue weighted by atomic mass is 9.87. The SMILES string of the molecule is CC(C)CNC1(CO)CCN(C(C)C)CC1. The summed E-state index contributed by atoms with van der Waals surface area (Å²) in [6.07, 6.45) is 2.13. The Bertz CT molecular complexity index is 196. The van der Waals surface area contributed by atoms with Gasteiger partial charge in [-0.15, -0.1) is 0 Å². The maximum atomic E-state index is 9.60. The maximum absolute atomic E-state index is 9.60. The minimum absolute atomic E-state index is 0.0182. The van der Waals surface area contributed by atoms with Gasteiger partial charge in [0, 0.05) is 24.7 Å². The van der Waals surface area contributed by atoms with Gasteiger partial charge in [-0.1, -0.05) is 13.8 Å². The van der Waals surface area contributed by atoms with E-state index in [0.29, 0.717) is 12.0 Å². The van der Waals surface area contributed by atoms with E-state index >= 15 is 0 Å². The summed E-state index contributed by atoms with van der Waals surface area (Å²) < 4.78 is 0. The van der Waals surface area contributed by atoms with Crippen molar-refractivity contribution in [2.24, 2.45) is 5.92 Å². The first-order chi connectivity index (χ1) is 7.49. The van der Waals surface area contributed by atoms with Crippen LogP contribution in [0.3, 0.4) is 0 Å². The lowest BCUT2D eigenvalue weighted by molar-refractivity contribution is 0.0635. The van der Waals surface area contributed by atoms with E-state index in [9.17, 15) is 5.11 Å². The molecule has 2 N–H and O–H groups in total. The zero-order chi connectivity index (χ0) is 12.2. The zero-order valence-corrected chi connectivity index (χ0v) is 11.3. The largest absolute Gasteiger partial charge is 0.394 e. The number of rotatable bonds is 5. The van der Waals surface area contributed by atoms with E-state index in [-0.39, 0.29) is 12.1 Å². The molecule has 1 aliphatic rings. The van der Waals surface area contributed by atoms with Gasteiger partial charge in [0.25, 0.3) is 0 Å². The number of nitrogens with zero attached hydrogens (tertiary/aromatic N) is 1. The van der Waals surface area contributed by atoms with Crippen LogP contribution in [0.25, 0.3) is 0 Å². The van der Waals surface area contributed by atoms with E-state index in [1.54, 1.807) is 0 Å². The van der Waals surface area contributed by atoms with Crippen LogP contribution >= 0.6 is 0 Å². The lowest BCUT2D eigenvalue weighted by Gasteiger charge is -2.43. The highest BCUT2D eigenvalue weighted by Gasteiger charge is 2.34. The fourth-order valence-corrected chi connectivity index (χ4v) is 2.28. The quantitative estimate of drug-likeness (QED) is 0.748. The number of aliphatic hydroxyl groups excluding tert-OH is 1. The molecular formula is C13H28N2O. The predicted octanol–water partition coefficient (Wildman–Crippen LogP) is 1.47. The number of nitrogens with one attached hydrogen (secondary N) is 1. The molecule has 1 saturated heterocycles. The summed E-state index contributed by atoms with van der Waals surface area (Å²) in [6.45, 7) is 12.4. The predicted molar refractivity (Wildman–Crippen MR) is 68.6 cm³/mol. The second kappa shape index (κ2) is 5.99. The van der Waals surface area contributed by atoms with Crippen LogP contribution < -0.4 is 5.32 Å². The average Bonchev–Trinajstić information content (AvgIpc) is 2.27. The molecule has 0 bridgehead atoms. The molecule has 0 aromatic rings. The Labute approximate surface area is 100 Å². The van der Waals surface area contributed by atoms with Crippen LogP contribution in [0, 0.1) is 5.92 Å². The second-order valence-electron chi connectivity index (χ2n) is 5.84. The van der Waals surface area contributed by atoms with Crippen molar-refractivity contribution in [3.8, 4) is 0 Å². The molecule has 0 unspecified atom stereocenters. The van der Waals surface area contributed by atoms with E-state index in [0.717, 1.165) is 32.5 Å². The molecule has 1 heterocycles. The van der Waals surface area contributed by atoms with Gasteiger partial charge in [-0.25, -0.2) is 0 Å². The minimum atomic E-state index is -0.0182. The van der Waals surface area contributed by atoms with Gasteiger partial charge in [0.1, 0.15) is 0 Å². The van der Waals surface area contributed by atoms with Crippen LogP contribution in [0.5, 0.6) is 0 Å². The van der Waals surface area contributed by atoms with Crippen molar-refractivity contribution < 1.29 is 5.11 Å². The third-order valence-electron chi connectivity index (χ3n) is 3.67. The number of likely N-dealkylation sites (tertiary alicyclic amines) is 1. The highest BCUT2D eigenvalue weighted by Crippen LogP contribution is 2.23. The van der Waals surface area contributed by atoms with Crippen molar-refractivity contribution in [2.45, 2.75) is 52.1 Å². The molecule has 16 heavy (non-hydrogen) atoms. The van der Waals surface area contributed by atoms with Gasteiger partial charge in [0.05, 0.1) is 6.61 Å². The third kappa shape index (κ3) is 3.72. The molecule has 0 atom stereocenters. The Morgan fingerprint density at radius 1 is 1.19 bits per heavy atom. The minimum Gasteiger partial charge on any atom is -0.394 e. The Morgan fingerprint density at radius 2 is 1.75 bits per heavy atom. The highest BCUT2D eigenvalue weighted by atomic mass is 16.3. The summed E-state index contributed by atoms with van der Waals surface area (Å²) in [6, 6.07) is 0.627. The van der Waals surface area contributed by atoms with Crippen LogP contribution in [-0.4, -0.2) is 47.8 Å². The van der Waals surface area contributed by atoms with Crippen LogP contribution in [-0.2, 0) is 0 Å². The lowest BCUT2D eigenvalue weighted by Crippen LogP contribution is -2.57. The summed E-state index contributed by atoms with van der Waals surface area (Å²) in [7, 11) is 0. The van der Waals surface area contributed by atoms with Crippen molar-refractivity contribution >= 4 is 0 Å². The van der Waals surface area contributed by atoms with Gasteiger partial charge in [0.15, 0.2) is 0 Å². The molecule has 0 aromatic heterocycles. The van der Waals surface area contributed by atoms with Crippen LogP contribution in [0.1, 0.15) is 40.5 Å². The molecule has 0 saturated carbocycles.